The molecular formula is C59H38N2. The Labute approximate surface area is 354 Å². The minimum Gasteiger partial charge on any atom is -0.310 e. The molecule has 0 amide bonds. The van der Waals surface area contributed by atoms with Crippen molar-refractivity contribution in [2.45, 2.75) is 5.41 Å². The van der Waals surface area contributed by atoms with Gasteiger partial charge in [0.1, 0.15) is 0 Å². The molecule has 0 aliphatic heterocycles. The standard InChI is InChI=1S/C59H38N2/c1-3-17-40(18-4-1)60(42-32-33-50-49-26-12-16-30-56(49)61(58(50)38-42)41-19-5-2-6-20-41)57-36-34-43(44-21-7-8-25-48(44)57)39-31-35-55-51(37-39)47-24-11-15-29-54(47)59(55)52-27-13-9-22-45(52)46-23-10-14-28-53(46)59/h1-38H. The fourth-order valence-electron chi connectivity index (χ4n) is 11.0. The minimum atomic E-state index is -0.354. The van der Waals surface area contributed by atoms with Gasteiger partial charge in [0.15, 0.2) is 0 Å². The van der Waals surface area contributed by atoms with Crippen LogP contribution in [0.3, 0.4) is 0 Å². The molecule has 0 N–H and O–H groups in total. The average molecular weight is 775 g/mol. The molecule has 284 valence electrons. The molecule has 0 unspecified atom stereocenters. The second-order valence-corrected chi connectivity index (χ2v) is 16.4. The Morgan fingerprint density at radius 2 is 0.852 bits per heavy atom. The van der Waals surface area contributed by atoms with Gasteiger partial charge in [0, 0.05) is 33.2 Å². The summed E-state index contributed by atoms with van der Waals surface area (Å²) in [5, 5.41) is 4.90. The van der Waals surface area contributed by atoms with E-state index < -0.39 is 0 Å². The first kappa shape index (κ1) is 34.0. The van der Waals surface area contributed by atoms with Crippen LogP contribution in [-0.4, -0.2) is 4.57 Å². The largest absolute Gasteiger partial charge is 0.310 e. The molecule has 11 aromatic rings. The number of aromatic nitrogens is 1. The number of anilines is 3. The Bertz CT molecular complexity index is 3500. The SMILES string of the molecule is c1ccc(N(c2ccc3c4ccccc4n(-c4ccccc4)c3c2)c2ccc(-c3ccc4c(c3)-c3ccccc3C43c4ccccc4-c4ccccc43)c3ccccc23)cc1. The number of hydrogen-bond acceptors (Lipinski definition) is 1. The van der Waals surface area contributed by atoms with Crippen molar-refractivity contribution in [3.63, 3.8) is 0 Å². The van der Waals surface area contributed by atoms with Gasteiger partial charge in [-0.15, -0.1) is 0 Å². The van der Waals surface area contributed by atoms with E-state index in [4.69, 9.17) is 0 Å². The van der Waals surface area contributed by atoms with E-state index >= 15 is 0 Å². The Morgan fingerprint density at radius 3 is 1.56 bits per heavy atom. The minimum absolute atomic E-state index is 0.354. The fraction of sp³-hybridized carbons (Fsp3) is 0.0169. The zero-order valence-corrected chi connectivity index (χ0v) is 33.3. The fourth-order valence-corrected chi connectivity index (χ4v) is 11.0. The number of hydrogen-bond donors (Lipinski definition) is 0. The van der Waals surface area contributed by atoms with Crippen LogP contribution < -0.4 is 4.90 Å². The summed E-state index contributed by atoms with van der Waals surface area (Å²) in [7, 11) is 0. The lowest BCUT2D eigenvalue weighted by atomic mass is 9.70. The van der Waals surface area contributed by atoms with Crippen LogP contribution in [0.5, 0.6) is 0 Å². The van der Waals surface area contributed by atoms with Gasteiger partial charge in [-0.3, -0.25) is 0 Å². The van der Waals surface area contributed by atoms with Gasteiger partial charge < -0.3 is 9.47 Å². The Morgan fingerprint density at radius 1 is 0.311 bits per heavy atom. The highest BCUT2D eigenvalue weighted by molar-refractivity contribution is 6.12. The zero-order chi connectivity index (χ0) is 40.1. The van der Waals surface area contributed by atoms with Crippen molar-refractivity contribution in [1.29, 1.82) is 0 Å². The normalized spacial score (nSPS) is 13.0. The van der Waals surface area contributed by atoms with Gasteiger partial charge >= 0.3 is 0 Å². The van der Waals surface area contributed by atoms with Crippen molar-refractivity contribution in [2.75, 3.05) is 4.90 Å². The number of nitrogens with zero attached hydrogens (tertiary/aromatic N) is 2. The van der Waals surface area contributed by atoms with Crippen LogP contribution in [0.1, 0.15) is 22.3 Å². The van der Waals surface area contributed by atoms with Gasteiger partial charge in [-0.2, -0.15) is 0 Å². The molecule has 0 atom stereocenters. The van der Waals surface area contributed by atoms with Crippen molar-refractivity contribution in [3.8, 4) is 39.1 Å². The third-order valence-corrected chi connectivity index (χ3v) is 13.4. The molecular weight excluding hydrogens is 737 g/mol. The molecule has 2 nitrogen and oxygen atoms in total. The van der Waals surface area contributed by atoms with Crippen molar-refractivity contribution in [3.05, 3.63) is 253 Å². The monoisotopic (exact) mass is 774 g/mol. The quantitative estimate of drug-likeness (QED) is 0.169. The van der Waals surface area contributed by atoms with Crippen molar-refractivity contribution in [2.24, 2.45) is 0 Å². The van der Waals surface area contributed by atoms with Crippen LogP contribution in [-0.2, 0) is 5.41 Å². The predicted molar refractivity (Wildman–Crippen MR) is 255 cm³/mol. The molecule has 10 aromatic carbocycles. The molecule has 0 bridgehead atoms. The number of fused-ring (bicyclic) bond motifs is 14. The molecule has 0 fully saturated rings. The van der Waals surface area contributed by atoms with E-state index in [1.807, 2.05) is 0 Å². The summed E-state index contributed by atoms with van der Waals surface area (Å²) < 4.78 is 2.40. The average Bonchev–Trinajstić information content (AvgIpc) is 3.94. The van der Waals surface area contributed by atoms with E-state index in [1.54, 1.807) is 0 Å². The molecule has 13 rings (SSSR count). The van der Waals surface area contributed by atoms with Crippen LogP contribution in [0.4, 0.5) is 17.1 Å². The molecule has 1 aromatic heterocycles. The first-order valence-corrected chi connectivity index (χ1v) is 21.2. The third-order valence-electron chi connectivity index (χ3n) is 13.4. The molecule has 0 saturated carbocycles. The van der Waals surface area contributed by atoms with Crippen LogP contribution in [0.25, 0.3) is 71.6 Å². The van der Waals surface area contributed by atoms with Gasteiger partial charge in [-0.1, -0.05) is 176 Å². The summed E-state index contributed by atoms with van der Waals surface area (Å²) in [5.74, 6) is 0. The highest BCUT2D eigenvalue weighted by Crippen LogP contribution is 2.63. The highest BCUT2D eigenvalue weighted by atomic mass is 15.1. The first-order valence-electron chi connectivity index (χ1n) is 21.2. The second kappa shape index (κ2) is 13.0. The molecule has 2 aliphatic rings. The zero-order valence-electron chi connectivity index (χ0n) is 33.3. The maximum atomic E-state index is 2.46. The smallest absolute Gasteiger partial charge is 0.0725 e. The molecule has 2 heteroatoms. The van der Waals surface area contributed by atoms with Crippen LogP contribution >= 0.6 is 0 Å². The lowest BCUT2D eigenvalue weighted by Gasteiger charge is -2.30. The van der Waals surface area contributed by atoms with E-state index in [0.717, 1.165) is 22.7 Å². The lowest BCUT2D eigenvalue weighted by Crippen LogP contribution is -2.25. The van der Waals surface area contributed by atoms with E-state index in [2.05, 4.69) is 240 Å². The number of para-hydroxylation sites is 3. The predicted octanol–water partition coefficient (Wildman–Crippen LogP) is 15.4. The molecule has 1 spiro atoms. The van der Waals surface area contributed by atoms with Crippen LogP contribution in [0.2, 0.25) is 0 Å². The lowest BCUT2D eigenvalue weighted by molar-refractivity contribution is 0.794. The van der Waals surface area contributed by atoms with E-state index in [0.29, 0.717) is 0 Å². The van der Waals surface area contributed by atoms with E-state index in [9.17, 15) is 0 Å². The third kappa shape index (κ3) is 4.73. The summed E-state index contributed by atoms with van der Waals surface area (Å²) in [5.41, 5.74) is 19.7. The van der Waals surface area contributed by atoms with Gasteiger partial charge in [-0.25, -0.2) is 0 Å². The van der Waals surface area contributed by atoms with E-state index in [-0.39, 0.29) is 5.41 Å². The summed E-state index contributed by atoms with van der Waals surface area (Å²) >= 11 is 0. The summed E-state index contributed by atoms with van der Waals surface area (Å²) in [6.07, 6.45) is 0. The second-order valence-electron chi connectivity index (χ2n) is 16.4. The summed E-state index contributed by atoms with van der Waals surface area (Å²) in [4.78, 5) is 2.43. The summed E-state index contributed by atoms with van der Waals surface area (Å²) in [6.45, 7) is 0. The van der Waals surface area contributed by atoms with Gasteiger partial charge in [0.05, 0.1) is 22.1 Å². The van der Waals surface area contributed by atoms with E-state index in [1.165, 1.54) is 88.2 Å². The molecule has 2 aliphatic carbocycles. The van der Waals surface area contributed by atoms with Crippen molar-refractivity contribution in [1.82, 2.24) is 4.57 Å². The van der Waals surface area contributed by atoms with Crippen LogP contribution in [0, 0.1) is 0 Å². The van der Waals surface area contributed by atoms with Gasteiger partial charge in [-0.05, 0) is 116 Å². The maximum absolute atomic E-state index is 2.46. The number of rotatable bonds is 5. The maximum Gasteiger partial charge on any atom is 0.0725 e. The highest BCUT2D eigenvalue weighted by Gasteiger charge is 2.51. The van der Waals surface area contributed by atoms with Crippen LogP contribution in [0.15, 0.2) is 231 Å². The first-order chi connectivity index (χ1) is 30.3. The summed E-state index contributed by atoms with van der Waals surface area (Å²) in [6, 6.07) is 85.2. The Kier molecular flexibility index (Phi) is 7.26. The Hall–Kier alpha value is -7.94. The molecule has 0 radical (unpaired) electrons. The van der Waals surface area contributed by atoms with Crippen molar-refractivity contribution >= 4 is 49.6 Å². The Balaban J connectivity index is 1.01. The van der Waals surface area contributed by atoms with Crippen molar-refractivity contribution < 1.29 is 0 Å². The van der Waals surface area contributed by atoms with Gasteiger partial charge in [0.2, 0.25) is 0 Å². The molecule has 0 saturated heterocycles. The van der Waals surface area contributed by atoms with Gasteiger partial charge in [0.25, 0.3) is 0 Å². The molecule has 61 heavy (non-hydrogen) atoms. The number of benzene rings is 10. The molecule has 1 heterocycles. The topological polar surface area (TPSA) is 8.17 Å².